The maximum atomic E-state index is 12.6. The molecule has 0 amide bonds. The molecule has 128 valence electrons. The van der Waals surface area contributed by atoms with Crippen LogP contribution in [-0.2, 0) is 9.53 Å². The number of alkyl halides is 4. The average molecular weight is 357 g/mol. The van der Waals surface area contributed by atoms with Crippen LogP contribution in [0.3, 0.4) is 0 Å². The summed E-state index contributed by atoms with van der Waals surface area (Å²) in [7, 11) is 0. The summed E-state index contributed by atoms with van der Waals surface area (Å²) < 4.78 is 57.7. The molecule has 0 radical (unpaired) electrons. The van der Waals surface area contributed by atoms with Gasteiger partial charge in [-0.1, -0.05) is 0 Å². The van der Waals surface area contributed by atoms with E-state index in [0.717, 1.165) is 0 Å². The van der Waals surface area contributed by atoms with Crippen LogP contribution in [0.4, 0.5) is 23.2 Å². The Morgan fingerprint density at radius 3 is 2.61 bits per heavy atom. The minimum atomic E-state index is -4.47. The highest BCUT2D eigenvalue weighted by molar-refractivity contribution is 7.98. The second kappa shape index (κ2) is 7.99. The number of nitro groups is 1. The summed E-state index contributed by atoms with van der Waals surface area (Å²) in [6.07, 6.45) is -2.28. The Kier molecular flexibility index (Phi) is 6.61. The molecule has 0 aromatic heterocycles. The molecule has 0 saturated carbocycles. The van der Waals surface area contributed by atoms with Crippen LogP contribution in [0.2, 0.25) is 0 Å². The Balaban J connectivity index is 2.64. The number of hydrogen-bond donors (Lipinski definition) is 0. The second-order valence-corrected chi connectivity index (χ2v) is 4.98. The van der Waals surface area contributed by atoms with Crippen LogP contribution in [0, 0.1) is 10.1 Å². The van der Waals surface area contributed by atoms with Gasteiger partial charge in [0.05, 0.1) is 4.92 Å². The summed E-state index contributed by atoms with van der Waals surface area (Å²) in [5.41, 5.74) is -0.428. The highest BCUT2D eigenvalue weighted by Crippen LogP contribution is 2.31. The van der Waals surface area contributed by atoms with Gasteiger partial charge in [-0.3, -0.25) is 10.1 Å². The third-order valence-electron chi connectivity index (χ3n) is 2.45. The minimum absolute atomic E-state index is 0.273. The molecule has 6 nitrogen and oxygen atoms in total. The molecule has 0 bridgehead atoms. The molecule has 23 heavy (non-hydrogen) atoms. The fraction of sp³-hybridized carbons (Fsp3) is 0.417. The molecule has 0 aliphatic carbocycles. The van der Waals surface area contributed by atoms with E-state index in [0.29, 0.717) is 4.90 Å². The predicted molar refractivity (Wildman–Crippen MR) is 72.3 cm³/mol. The van der Waals surface area contributed by atoms with Crippen molar-refractivity contribution in [2.24, 2.45) is 0 Å². The standard InChI is InChI=1S/C12H11F4NO5S/c1-23-7-2-3-9(8(4-7)17(19)20)21-5-10(18)22-6-12(15,16)11(13)14/h2-4,11H,5-6H2,1H3. The topological polar surface area (TPSA) is 78.7 Å². The molecule has 1 aromatic carbocycles. The number of carbonyl (C=O) groups is 1. The normalized spacial score (nSPS) is 11.4. The molecule has 0 N–H and O–H groups in total. The molecular weight excluding hydrogens is 346 g/mol. The van der Waals surface area contributed by atoms with Crippen molar-refractivity contribution in [3.63, 3.8) is 0 Å². The Labute approximate surface area is 131 Å². The van der Waals surface area contributed by atoms with Gasteiger partial charge in [0.1, 0.15) is 0 Å². The molecule has 0 aliphatic rings. The monoisotopic (exact) mass is 357 g/mol. The van der Waals surface area contributed by atoms with Crippen molar-refractivity contribution in [1.29, 1.82) is 0 Å². The molecule has 1 aromatic rings. The molecule has 0 fully saturated rings. The zero-order valence-corrected chi connectivity index (χ0v) is 12.4. The van der Waals surface area contributed by atoms with Crippen LogP contribution < -0.4 is 4.74 Å². The van der Waals surface area contributed by atoms with E-state index >= 15 is 0 Å². The molecule has 0 unspecified atom stereocenters. The number of benzene rings is 1. The Morgan fingerprint density at radius 2 is 2.09 bits per heavy atom. The molecule has 0 heterocycles. The van der Waals surface area contributed by atoms with Crippen molar-refractivity contribution in [1.82, 2.24) is 0 Å². The third kappa shape index (κ3) is 5.58. The SMILES string of the molecule is CSc1ccc(OCC(=O)OCC(F)(F)C(F)F)c([N+](=O)[O-])c1. The van der Waals surface area contributed by atoms with E-state index < -0.39 is 42.1 Å². The third-order valence-corrected chi connectivity index (χ3v) is 3.18. The van der Waals surface area contributed by atoms with Gasteiger partial charge in [0.25, 0.3) is 0 Å². The Hall–Kier alpha value is -2.04. The number of esters is 1. The van der Waals surface area contributed by atoms with Gasteiger partial charge in [-0.25, -0.2) is 13.6 Å². The van der Waals surface area contributed by atoms with Gasteiger partial charge in [0, 0.05) is 11.0 Å². The number of carbonyl (C=O) groups excluding carboxylic acids is 1. The van der Waals surface area contributed by atoms with Crippen molar-refractivity contribution < 1.29 is 36.8 Å². The first kappa shape index (κ1) is 19.0. The lowest BCUT2D eigenvalue weighted by molar-refractivity contribution is -0.386. The maximum Gasteiger partial charge on any atom is 0.344 e. The number of hydrogen-bond acceptors (Lipinski definition) is 6. The number of rotatable bonds is 8. The van der Waals surface area contributed by atoms with Crippen LogP contribution >= 0.6 is 11.8 Å². The second-order valence-electron chi connectivity index (χ2n) is 4.10. The van der Waals surface area contributed by atoms with Gasteiger partial charge < -0.3 is 9.47 Å². The van der Waals surface area contributed by atoms with Gasteiger partial charge in [0.15, 0.2) is 19.0 Å². The average Bonchev–Trinajstić information content (AvgIpc) is 2.50. The number of ether oxygens (including phenoxy) is 2. The predicted octanol–water partition coefficient (Wildman–Crippen LogP) is 3.14. The van der Waals surface area contributed by atoms with Crippen molar-refractivity contribution in [3.8, 4) is 5.75 Å². The lowest BCUT2D eigenvalue weighted by atomic mass is 10.3. The highest BCUT2D eigenvalue weighted by Gasteiger charge is 2.42. The van der Waals surface area contributed by atoms with Crippen LogP contribution in [0.25, 0.3) is 0 Å². The van der Waals surface area contributed by atoms with E-state index in [2.05, 4.69) is 4.74 Å². The molecule has 0 spiro atoms. The fourth-order valence-electron chi connectivity index (χ4n) is 1.31. The van der Waals surface area contributed by atoms with Gasteiger partial charge in [-0.2, -0.15) is 8.78 Å². The summed E-state index contributed by atoms with van der Waals surface area (Å²) in [6, 6.07) is 3.92. The van der Waals surface area contributed by atoms with Gasteiger partial charge in [-0.05, 0) is 18.4 Å². The smallest absolute Gasteiger partial charge is 0.344 e. The quantitative estimate of drug-likeness (QED) is 0.234. The highest BCUT2D eigenvalue weighted by atomic mass is 32.2. The Bertz CT molecular complexity index is 585. The van der Waals surface area contributed by atoms with E-state index in [1.54, 1.807) is 6.26 Å². The molecule has 0 aliphatic heterocycles. The fourth-order valence-corrected chi connectivity index (χ4v) is 1.74. The van der Waals surface area contributed by atoms with E-state index in [9.17, 15) is 32.5 Å². The first-order valence-electron chi connectivity index (χ1n) is 5.94. The Morgan fingerprint density at radius 1 is 1.43 bits per heavy atom. The number of thioether (sulfide) groups is 1. The summed E-state index contributed by atoms with van der Waals surface area (Å²) >= 11 is 1.24. The minimum Gasteiger partial charge on any atom is -0.475 e. The van der Waals surface area contributed by atoms with E-state index in [1.165, 1.54) is 30.0 Å². The summed E-state index contributed by atoms with van der Waals surface area (Å²) in [4.78, 5) is 21.9. The van der Waals surface area contributed by atoms with Crippen LogP contribution in [0.1, 0.15) is 0 Å². The van der Waals surface area contributed by atoms with E-state index in [1.807, 2.05) is 0 Å². The molecule has 0 atom stereocenters. The van der Waals surface area contributed by atoms with Crippen LogP contribution in [0.5, 0.6) is 5.75 Å². The molecular formula is C12H11F4NO5S. The zero-order chi connectivity index (χ0) is 17.6. The summed E-state index contributed by atoms with van der Waals surface area (Å²) in [6.45, 7) is -2.74. The zero-order valence-electron chi connectivity index (χ0n) is 11.6. The first-order chi connectivity index (χ1) is 10.7. The first-order valence-corrected chi connectivity index (χ1v) is 7.16. The van der Waals surface area contributed by atoms with Crippen LogP contribution in [0.15, 0.2) is 23.1 Å². The van der Waals surface area contributed by atoms with Crippen molar-refractivity contribution in [3.05, 3.63) is 28.3 Å². The van der Waals surface area contributed by atoms with Gasteiger partial charge in [-0.15, -0.1) is 11.8 Å². The number of nitrogens with zero attached hydrogens (tertiary/aromatic N) is 1. The summed E-state index contributed by atoms with van der Waals surface area (Å²) in [5, 5.41) is 10.9. The van der Waals surface area contributed by atoms with Crippen molar-refractivity contribution >= 4 is 23.4 Å². The lowest BCUT2D eigenvalue weighted by Crippen LogP contribution is -2.34. The molecule has 11 heteroatoms. The largest absolute Gasteiger partial charge is 0.475 e. The van der Waals surface area contributed by atoms with Crippen molar-refractivity contribution in [2.75, 3.05) is 19.5 Å². The van der Waals surface area contributed by atoms with Crippen LogP contribution in [-0.4, -0.2) is 42.7 Å². The molecule has 1 rings (SSSR count). The lowest BCUT2D eigenvalue weighted by Gasteiger charge is -2.15. The number of nitro benzene ring substituents is 1. The van der Waals surface area contributed by atoms with Gasteiger partial charge >= 0.3 is 24.0 Å². The van der Waals surface area contributed by atoms with E-state index in [-0.39, 0.29) is 5.75 Å². The van der Waals surface area contributed by atoms with Crippen molar-refractivity contribution in [2.45, 2.75) is 17.2 Å². The maximum absolute atomic E-state index is 12.6. The summed E-state index contributed by atoms with van der Waals surface area (Å²) in [5.74, 6) is -6.10. The molecule has 0 saturated heterocycles. The number of halogens is 4. The van der Waals surface area contributed by atoms with Gasteiger partial charge in [0.2, 0.25) is 0 Å². The van der Waals surface area contributed by atoms with E-state index in [4.69, 9.17) is 4.74 Å².